The predicted molar refractivity (Wildman–Crippen MR) is 143 cm³/mol. The molecule has 0 aromatic heterocycles. The van der Waals surface area contributed by atoms with Crippen LogP contribution < -0.4 is 9.80 Å². The molecule has 34 heavy (non-hydrogen) atoms. The molecule has 0 aliphatic rings. The summed E-state index contributed by atoms with van der Waals surface area (Å²) in [5.74, 6) is 0.0424. The lowest BCUT2D eigenvalue weighted by Gasteiger charge is -2.25. The number of carbonyl (C=O) groups is 2. The fourth-order valence-corrected chi connectivity index (χ4v) is 3.83. The minimum Gasteiger partial charge on any atom is -0.347 e. The van der Waals surface area contributed by atoms with Crippen LogP contribution in [0.4, 0.5) is 11.4 Å². The lowest BCUT2D eigenvalue weighted by Crippen LogP contribution is -2.20. The highest BCUT2D eigenvalue weighted by molar-refractivity contribution is 6.20. The van der Waals surface area contributed by atoms with Crippen LogP contribution in [0.3, 0.4) is 0 Å². The second kappa shape index (κ2) is 11.8. The summed E-state index contributed by atoms with van der Waals surface area (Å²) in [4.78, 5) is 29.0. The number of hydrogen-bond donors (Lipinski definition) is 0. The normalized spacial score (nSPS) is 11.8. The van der Waals surface area contributed by atoms with E-state index in [0.29, 0.717) is 24.2 Å². The second-order valence-electron chi connectivity index (χ2n) is 8.02. The fraction of sp³-hybridized carbons (Fsp3) is 0.200. The number of nitrogens with zero attached hydrogens (tertiary/aromatic N) is 2. The Balaban J connectivity index is 2.00. The number of allylic oxidation sites excluding steroid dienone is 2. The van der Waals surface area contributed by atoms with E-state index in [1.165, 1.54) is 0 Å². The van der Waals surface area contributed by atoms with Gasteiger partial charge in [-0.05, 0) is 57.0 Å². The van der Waals surface area contributed by atoms with Crippen LogP contribution in [-0.4, -0.2) is 24.7 Å². The maximum absolute atomic E-state index is 12.4. The van der Waals surface area contributed by atoms with Gasteiger partial charge in [0.1, 0.15) is 0 Å². The maximum atomic E-state index is 12.4. The topological polar surface area (TPSA) is 40.6 Å². The predicted octanol–water partition coefficient (Wildman–Crippen LogP) is 6.60. The highest BCUT2D eigenvalue weighted by Gasteiger charge is 2.13. The minimum atomic E-state index is 0.0212. The van der Waals surface area contributed by atoms with Gasteiger partial charge in [0, 0.05) is 48.0 Å². The van der Waals surface area contributed by atoms with Crippen LogP contribution in [0.2, 0.25) is 0 Å². The highest BCUT2D eigenvalue weighted by Crippen LogP contribution is 2.27. The smallest absolute Gasteiger partial charge is 0.161 e. The number of anilines is 2. The molecule has 0 N–H and O–H groups in total. The molecule has 0 amide bonds. The first-order valence-corrected chi connectivity index (χ1v) is 11.6. The van der Waals surface area contributed by atoms with Crippen molar-refractivity contribution in [2.45, 2.75) is 27.7 Å². The summed E-state index contributed by atoms with van der Waals surface area (Å²) in [6.45, 7) is 8.73. The monoisotopic (exact) mass is 452 g/mol. The van der Waals surface area contributed by atoms with E-state index in [2.05, 4.69) is 29.7 Å². The maximum Gasteiger partial charge on any atom is 0.161 e. The Kier molecular flexibility index (Phi) is 8.58. The molecule has 0 heterocycles. The average Bonchev–Trinajstić information content (AvgIpc) is 2.86. The van der Waals surface area contributed by atoms with Crippen LogP contribution in [0.25, 0.3) is 11.1 Å². The molecular formula is C30H32N2O2. The van der Waals surface area contributed by atoms with E-state index in [1.807, 2.05) is 91.3 Å². The molecule has 0 saturated carbocycles. The summed E-state index contributed by atoms with van der Waals surface area (Å²) >= 11 is 0. The number of rotatable bonds is 10. The summed E-state index contributed by atoms with van der Waals surface area (Å²) in [7, 11) is 0. The van der Waals surface area contributed by atoms with Crippen LogP contribution in [0.5, 0.6) is 0 Å². The molecule has 3 aromatic carbocycles. The average molecular weight is 453 g/mol. The number of carbonyl (C=O) groups excluding carboxylic acids is 2. The highest BCUT2D eigenvalue weighted by atomic mass is 16.1. The largest absolute Gasteiger partial charge is 0.347 e. The molecule has 0 bridgehead atoms. The van der Waals surface area contributed by atoms with E-state index < -0.39 is 0 Å². The van der Waals surface area contributed by atoms with Crippen molar-refractivity contribution < 1.29 is 9.59 Å². The summed E-state index contributed by atoms with van der Waals surface area (Å²) in [5, 5.41) is 0. The van der Waals surface area contributed by atoms with Crippen molar-refractivity contribution in [2.75, 3.05) is 22.9 Å². The molecular weight excluding hydrogens is 420 g/mol. The molecule has 174 valence electrons. The second-order valence-corrected chi connectivity index (χ2v) is 8.02. The molecule has 3 rings (SSSR count). The minimum absolute atomic E-state index is 0.0212. The molecule has 3 aromatic rings. The van der Waals surface area contributed by atoms with Crippen LogP contribution in [0, 0.1) is 0 Å². The molecule has 4 nitrogen and oxygen atoms in total. The van der Waals surface area contributed by atoms with Crippen molar-refractivity contribution in [1.29, 1.82) is 0 Å². The van der Waals surface area contributed by atoms with Crippen molar-refractivity contribution in [2.24, 2.45) is 0 Å². The SMILES string of the molecule is CCN(/C=C(\C(C)=O)c1ccccc1)c1cccc(N(/C=C(\C(C)=O)c2ccccc2)CC)c1. The van der Waals surface area contributed by atoms with Crippen molar-refractivity contribution in [1.82, 2.24) is 0 Å². The number of hydrogen-bond acceptors (Lipinski definition) is 4. The van der Waals surface area contributed by atoms with E-state index in [9.17, 15) is 9.59 Å². The summed E-state index contributed by atoms with van der Waals surface area (Å²) in [6, 6.07) is 27.6. The van der Waals surface area contributed by atoms with Gasteiger partial charge in [-0.1, -0.05) is 66.7 Å². The van der Waals surface area contributed by atoms with E-state index in [4.69, 9.17) is 0 Å². The van der Waals surface area contributed by atoms with Gasteiger partial charge in [-0.2, -0.15) is 0 Å². The van der Waals surface area contributed by atoms with E-state index in [1.54, 1.807) is 13.8 Å². The van der Waals surface area contributed by atoms with Crippen LogP contribution in [0.1, 0.15) is 38.8 Å². The summed E-state index contributed by atoms with van der Waals surface area (Å²) < 4.78 is 0. The van der Waals surface area contributed by atoms with Crippen LogP contribution in [0.15, 0.2) is 97.3 Å². The van der Waals surface area contributed by atoms with Crippen molar-refractivity contribution in [3.8, 4) is 0 Å². The standard InChI is InChI=1S/C30H32N2O2/c1-5-31(21-29(23(3)33)25-14-9-7-10-15-25)27-18-13-19-28(20-27)32(6-2)22-30(24(4)34)26-16-11-8-12-17-26/h7-22H,5-6H2,1-4H3/b29-21+,30-22+. The van der Waals surface area contributed by atoms with Gasteiger partial charge in [0.25, 0.3) is 0 Å². The van der Waals surface area contributed by atoms with Gasteiger partial charge < -0.3 is 9.80 Å². The zero-order chi connectivity index (χ0) is 24.5. The Bertz CT molecular complexity index is 1090. The van der Waals surface area contributed by atoms with Gasteiger partial charge in [-0.3, -0.25) is 9.59 Å². The van der Waals surface area contributed by atoms with E-state index in [-0.39, 0.29) is 11.6 Å². The van der Waals surface area contributed by atoms with Gasteiger partial charge in [0.15, 0.2) is 11.6 Å². The molecule has 4 heteroatoms. The molecule has 0 unspecified atom stereocenters. The Hall–Kier alpha value is -3.92. The zero-order valence-corrected chi connectivity index (χ0v) is 20.4. The van der Waals surface area contributed by atoms with Gasteiger partial charge in [-0.15, -0.1) is 0 Å². The molecule has 0 radical (unpaired) electrons. The molecule has 0 aliphatic carbocycles. The quantitative estimate of drug-likeness (QED) is 0.325. The lowest BCUT2D eigenvalue weighted by molar-refractivity contribution is -0.112. The van der Waals surface area contributed by atoms with Crippen LogP contribution in [-0.2, 0) is 9.59 Å². The summed E-state index contributed by atoms with van der Waals surface area (Å²) in [5.41, 5.74) is 5.09. The third kappa shape index (κ3) is 6.10. The first-order valence-electron chi connectivity index (χ1n) is 11.6. The van der Waals surface area contributed by atoms with E-state index in [0.717, 1.165) is 22.5 Å². The van der Waals surface area contributed by atoms with Crippen molar-refractivity contribution in [3.63, 3.8) is 0 Å². The fourth-order valence-electron chi connectivity index (χ4n) is 3.83. The van der Waals surface area contributed by atoms with Crippen LogP contribution >= 0.6 is 0 Å². The first-order chi connectivity index (χ1) is 16.4. The number of benzene rings is 3. The molecule has 0 spiro atoms. The Morgan fingerprint density at radius 3 is 1.32 bits per heavy atom. The molecule has 0 aliphatic heterocycles. The third-order valence-corrected chi connectivity index (χ3v) is 5.67. The lowest BCUT2D eigenvalue weighted by atomic mass is 10.0. The zero-order valence-electron chi connectivity index (χ0n) is 20.4. The van der Waals surface area contributed by atoms with Crippen molar-refractivity contribution in [3.05, 3.63) is 108 Å². The number of Topliss-reactive ketones (excluding diaryl/α,β-unsaturated/α-hetero) is 2. The third-order valence-electron chi connectivity index (χ3n) is 5.67. The summed E-state index contributed by atoms with van der Waals surface area (Å²) in [6.07, 6.45) is 3.85. The Labute approximate surface area is 202 Å². The molecule has 0 saturated heterocycles. The van der Waals surface area contributed by atoms with Gasteiger partial charge >= 0.3 is 0 Å². The van der Waals surface area contributed by atoms with E-state index >= 15 is 0 Å². The van der Waals surface area contributed by atoms with Gasteiger partial charge in [0.05, 0.1) is 0 Å². The Morgan fingerprint density at radius 2 is 1.00 bits per heavy atom. The molecule has 0 atom stereocenters. The number of ketones is 2. The van der Waals surface area contributed by atoms with Gasteiger partial charge in [-0.25, -0.2) is 0 Å². The molecule has 0 fully saturated rings. The first kappa shape index (κ1) is 24.7. The van der Waals surface area contributed by atoms with Crippen molar-refractivity contribution >= 4 is 34.1 Å². The van der Waals surface area contributed by atoms with Gasteiger partial charge in [0.2, 0.25) is 0 Å². The Morgan fingerprint density at radius 1 is 0.618 bits per heavy atom.